The summed E-state index contributed by atoms with van der Waals surface area (Å²) in [6, 6.07) is -0.207. The molecule has 90 valence electrons. The molecule has 15 heavy (non-hydrogen) atoms. The number of rotatable bonds is 2. The van der Waals surface area contributed by atoms with Gasteiger partial charge in [0.1, 0.15) is 5.54 Å². The van der Waals surface area contributed by atoms with E-state index >= 15 is 0 Å². The predicted octanol–water partition coefficient (Wildman–Crippen LogP) is 2.22. The SMILES string of the molecule is CC(C)N[C@]1(C(F)(F)F)CC[C@@H](O)CC1. The standard InChI is InChI=1S/C10H18F3NO/c1-7(2)14-9(10(11,12)13)5-3-8(15)4-6-9/h7-8,14-15H,3-6H2,1-2H3/t8-,9-. The predicted molar refractivity (Wildman–Crippen MR) is 51.5 cm³/mol. The third-order valence-electron chi connectivity index (χ3n) is 2.92. The zero-order valence-corrected chi connectivity index (χ0v) is 9.06. The molecule has 0 aliphatic heterocycles. The van der Waals surface area contributed by atoms with Crippen molar-refractivity contribution in [3.05, 3.63) is 0 Å². The fourth-order valence-electron chi connectivity index (χ4n) is 2.16. The molecule has 2 nitrogen and oxygen atoms in total. The average molecular weight is 225 g/mol. The number of aliphatic hydroxyl groups excluding tert-OH is 1. The van der Waals surface area contributed by atoms with E-state index in [0.29, 0.717) is 0 Å². The monoisotopic (exact) mass is 225 g/mol. The van der Waals surface area contributed by atoms with Crippen molar-refractivity contribution >= 4 is 0 Å². The van der Waals surface area contributed by atoms with Crippen molar-refractivity contribution in [2.45, 2.75) is 63.4 Å². The molecular weight excluding hydrogens is 207 g/mol. The van der Waals surface area contributed by atoms with Crippen LogP contribution in [0.4, 0.5) is 13.2 Å². The topological polar surface area (TPSA) is 32.3 Å². The normalized spacial score (nSPS) is 33.4. The van der Waals surface area contributed by atoms with Gasteiger partial charge in [0.25, 0.3) is 0 Å². The fraction of sp³-hybridized carbons (Fsp3) is 1.00. The molecule has 1 saturated carbocycles. The molecule has 1 aliphatic rings. The molecule has 0 aromatic heterocycles. The van der Waals surface area contributed by atoms with Crippen molar-refractivity contribution in [3.63, 3.8) is 0 Å². The first-order valence-electron chi connectivity index (χ1n) is 5.29. The summed E-state index contributed by atoms with van der Waals surface area (Å²) < 4.78 is 38.8. The molecule has 1 aliphatic carbocycles. The molecule has 0 spiro atoms. The van der Waals surface area contributed by atoms with Crippen LogP contribution in [0.1, 0.15) is 39.5 Å². The number of alkyl halides is 3. The van der Waals surface area contributed by atoms with Crippen LogP contribution in [0.5, 0.6) is 0 Å². The largest absolute Gasteiger partial charge is 0.406 e. The molecule has 0 aromatic carbocycles. The highest BCUT2D eigenvalue weighted by Crippen LogP contribution is 2.41. The van der Waals surface area contributed by atoms with E-state index in [-0.39, 0.29) is 31.7 Å². The molecule has 1 rings (SSSR count). The molecule has 5 heteroatoms. The van der Waals surface area contributed by atoms with Crippen molar-refractivity contribution < 1.29 is 18.3 Å². The van der Waals surface area contributed by atoms with Crippen LogP contribution in [0.15, 0.2) is 0 Å². The minimum absolute atomic E-state index is 0.0319. The van der Waals surface area contributed by atoms with E-state index in [4.69, 9.17) is 0 Å². The molecule has 0 amide bonds. The molecule has 0 saturated heterocycles. The first-order valence-corrected chi connectivity index (χ1v) is 5.29. The zero-order valence-electron chi connectivity index (χ0n) is 9.06. The third-order valence-corrected chi connectivity index (χ3v) is 2.92. The van der Waals surface area contributed by atoms with Crippen LogP contribution in [0.3, 0.4) is 0 Å². The van der Waals surface area contributed by atoms with Crippen molar-refractivity contribution in [1.82, 2.24) is 5.32 Å². The highest BCUT2D eigenvalue weighted by molar-refractivity contribution is 4.99. The fourth-order valence-corrected chi connectivity index (χ4v) is 2.16. The Labute approximate surface area is 87.9 Å². The van der Waals surface area contributed by atoms with Gasteiger partial charge in [0.15, 0.2) is 0 Å². The Morgan fingerprint density at radius 2 is 1.73 bits per heavy atom. The molecule has 0 unspecified atom stereocenters. The van der Waals surface area contributed by atoms with Crippen LogP contribution < -0.4 is 5.32 Å². The maximum absolute atomic E-state index is 12.9. The van der Waals surface area contributed by atoms with E-state index in [1.165, 1.54) is 0 Å². The van der Waals surface area contributed by atoms with Crippen LogP contribution in [0.2, 0.25) is 0 Å². The Balaban J connectivity index is 2.78. The van der Waals surface area contributed by atoms with Gasteiger partial charge < -0.3 is 10.4 Å². The molecule has 2 N–H and O–H groups in total. The van der Waals surface area contributed by atoms with Crippen molar-refractivity contribution in [2.24, 2.45) is 0 Å². The summed E-state index contributed by atoms with van der Waals surface area (Å²) in [4.78, 5) is 0. The van der Waals surface area contributed by atoms with Crippen LogP contribution in [0.25, 0.3) is 0 Å². The minimum atomic E-state index is -4.24. The molecule has 0 radical (unpaired) electrons. The van der Waals surface area contributed by atoms with Gasteiger partial charge in [0.2, 0.25) is 0 Å². The van der Waals surface area contributed by atoms with Crippen molar-refractivity contribution in [1.29, 1.82) is 0 Å². The second-order valence-electron chi connectivity index (χ2n) is 4.61. The van der Waals surface area contributed by atoms with Gasteiger partial charge in [-0.1, -0.05) is 13.8 Å². The van der Waals surface area contributed by atoms with Crippen molar-refractivity contribution in [2.75, 3.05) is 0 Å². The van der Waals surface area contributed by atoms with E-state index in [1.807, 2.05) is 0 Å². The molecule has 0 atom stereocenters. The number of halogens is 3. The first-order chi connectivity index (χ1) is 6.77. The van der Waals surface area contributed by atoms with Gasteiger partial charge in [-0.15, -0.1) is 0 Å². The summed E-state index contributed by atoms with van der Waals surface area (Å²) in [5.41, 5.74) is -1.79. The maximum Gasteiger partial charge on any atom is 0.406 e. The summed E-state index contributed by atoms with van der Waals surface area (Å²) in [5.74, 6) is 0. The second-order valence-corrected chi connectivity index (χ2v) is 4.61. The minimum Gasteiger partial charge on any atom is -0.393 e. The van der Waals surface area contributed by atoms with Gasteiger partial charge in [-0.05, 0) is 25.7 Å². The third kappa shape index (κ3) is 2.84. The second kappa shape index (κ2) is 4.29. The summed E-state index contributed by atoms with van der Waals surface area (Å²) >= 11 is 0. The Morgan fingerprint density at radius 1 is 1.27 bits per heavy atom. The lowest BCUT2D eigenvalue weighted by Gasteiger charge is -2.42. The van der Waals surface area contributed by atoms with E-state index in [2.05, 4.69) is 5.32 Å². The Bertz CT molecular complexity index is 207. The molecule has 0 bridgehead atoms. The van der Waals surface area contributed by atoms with E-state index in [9.17, 15) is 18.3 Å². The Morgan fingerprint density at radius 3 is 2.07 bits per heavy atom. The lowest BCUT2D eigenvalue weighted by Crippen LogP contribution is -2.60. The highest BCUT2D eigenvalue weighted by Gasteiger charge is 2.55. The number of hydrogen-bond donors (Lipinski definition) is 2. The quantitative estimate of drug-likeness (QED) is 0.755. The van der Waals surface area contributed by atoms with Gasteiger partial charge >= 0.3 is 6.18 Å². The van der Waals surface area contributed by atoms with Crippen LogP contribution >= 0.6 is 0 Å². The van der Waals surface area contributed by atoms with E-state index < -0.39 is 17.8 Å². The number of aliphatic hydroxyl groups is 1. The van der Waals surface area contributed by atoms with E-state index in [0.717, 1.165) is 0 Å². The van der Waals surface area contributed by atoms with Crippen molar-refractivity contribution in [3.8, 4) is 0 Å². The van der Waals surface area contributed by atoms with Crippen LogP contribution in [0, 0.1) is 0 Å². The zero-order chi connectivity index (χ0) is 11.7. The van der Waals surface area contributed by atoms with Crippen LogP contribution in [-0.4, -0.2) is 29.0 Å². The van der Waals surface area contributed by atoms with Gasteiger partial charge in [-0.2, -0.15) is 13.2 Å². The van der Waals surface area contributed by atoms with Gasteiger partial charge in [0.05, 0.1) is 6.10 Å². The number of nitrogens with one attached hydrogen (secondary N) is 1. The maximum atomic E-state index is 12.9. The Hall–Kier alpha value is -0.290. The molecular formula is C10H18F3NO. The average Bonchev–Trinajstić information content (AvgIpc) is 2.06. The molecule has 0 heterocycles. The smallest absolute Gasteiger partial charge is 0.393 e. The summed E-state index contributed by atoms with van der Waals surface area (Å²) in [7, 11) is 0. The number of hydrogen-bond acceptors (Lipinski definition) is 2. The Kier molecular flexibility index (Phi) is 3.66. The first kappa shape index (κ1) is 12.8. The summed E-state index contributed by atoms with van der Waals surface area (Å²) in [6.07, 6.45) is -4.43. The van der Waals surface area contributed by atoms with Crippen LogP contribution in [-0.2, 0) is 0 Å². The molecule has 0 aromatic rings. The molecule has 1 fully saturated rings. The summed E-state index contributed by atoms with van der Waals surface area (Å²) in [5, 5.41) is 11.9. The van der Waals surface area contributed by atoms with Gasteiger partial charge in [0, 0.05) is 6.04 Å². The lowest BCUT2D eigenvalue weighted by molar-refractivity contribution is -0.211. The van der Waals surface area contributed by atoms with E-state index in [1.54, 1.807) is 13.8 Å². The summed E-state index contributed by atoms with van der Waals surface area (Å²) in [6.45, 7) is 3.41. The van der Waals surface area contributed by atoms with Gasteiger partial charge in [-0.25, -0.2) is 0 Å². The van der Waals surface area contributed by atoms with Gasteiger partial charge in [-0.3, -0.25) is 0 Å². The highest BCUT2D eigenvalue weighted by atomic mass is 19.4. The lowest BCUT2D eigenvalue weighted by atomic mass is 9.79.